The number of nitrogens with zero attached hydrogens (tertiary/aromatic N) is 6. The number of benzene rings is 1. The number of para-hydroxylation sites is 1. The van der Waals surface area contributed by atoms with E-state index in [9.17, 15) is 0 Å². The monoisotopic (exact) mass is 373 g/mol. The van der Waals surface area contributed by atoms with Crippen molar-refractivity contribution >= 4 is 16.9 Å². The average molecular weight is 373 g/mol. The summed E-state index contributed by atoms with van der Waals surface area (Å²) in [6, 6.07) is 11.8. The SMILES string of the molecule is COc1cccc2c(-c3cn(Cc4cccc(C5CC5)n4)nn3)nc(N)nc12. The van der Waals surface area contributed by atoms with Crippen molar-refractivity contribution in [3.05, 3.63) is 54.0 Å². The van der Waals surface area contributed by atoms with E-state index < -0.39 is 0 Å². The summed E-state index contributed by atoms with van der Waals surface area (Å²) in [5.74, 6) is 1.43. The largest absolute Gasteiger partial charge is 0.494 e. The zero-order chi connectivity index (χ0) is 19.1. The van der Waals surface area contributed by atoms with Gasteiger partial charge < -0.3 is 10.5 Å². The highest BCUT2D eigenvalue weighted by Crippen LogP contribution is 2.38. The van der Waals surface area contributed by atoms with Crippen LogP contribution in [-0.4, -0.2) is 37.1 Å². The molecule has 3 heterocycles. The van der Waals surface area contributed by atoms with Crippen LogP contribution in [0.1, 0.15) is 30.1 Å². The predicted molar refractivity (Wildman–Crippen MR) is 105 cm³/mol. The maximum Gasteiger partial charge on any atom is 0.221 e. The molecule has 0 amide bonds. The first-order chi connectivity index (χ1) is 13.7. The fraction of sp³-hybridized carbons (Fsp3) is 0.250. The standard InChI is InChI=1S/C20H19N7O/c1-28-17-7-3-5-14-18(23-20(21)24-19(14)17)16-11-27(26-25-16)10-13-4-2-6-15(22-13)12-8-9-12/h2-7,11-12H,8-10H2,1H3,(H2,21,23,24). The number of rotatable bonds is 5. The quantitative estimate of drug-likeness (QED) is 0.573. The van der Waals surface area contributed by atoms with Crippen molar-refractivity contribution in [2.75, 3.05) is 12.8 Å². The van der Waals surface area contributed by atoms with Crippen LogP contribution in [0, 0.1) is 0 Å². The number of methoxy groups -OCH3 is 1. The Morgan fingerprint density at radius 3 is 2.79 bits per heavy atom. The molecule has 1 saturated carbocycles. The Kier molecular flexibility index (Phi) is 3.89. The summed E-state index contributed by atoms with van der Waals surface area (Å²) in [5, 5.41) is 9.36. The molecule has 1 aliphatic rings. The van der Waals surface area contributed by atoms with Gasteiger partial charge in [0.1, 0.15) is 22.7 Å². The van der Waals surface area contributed by atoms with E-state index in [1.54, 1.807) is 11.8 Å². The minimum Gasteiger partial charge on any atom is -0.494 e. The Hall–Kier alpha value is -3.55. The molecule has 140 valence electrons. The smallest absolute Gasteiger partial charge is 0.221 e. The van der Waals surface area contributed by atoms with E-state index in [1.165, 1.54) is 18.5 Å². The van der Waals surface area contributed by atoms with Gasteiger partial charge in [-0.25, -0.2) is 14.6 Å². The van der Waals surface area contributed by atoms with E-state index in [0.29, 0.717) is 35.1 Å². The van der Waals surface area contributed by atoms with Crippen molar-refractivity contribution in [3.63, 3.8) is 0 Å². The van der Waals surface area contributed by atoms with Gasteiger partial charge in [0.25, 0.3) is 0 Å². The van der Waals surface area contributed by atoms with Gasteiger partial charge in [-0.15, -0.1) is 5.10 Å². The Balaban J connectivity index is 1.50. The molecule has 3 aromatic heterocycles. The second kappa shape index (κ2) is 6.56. The first-order valence-corrected chi connectivity index (χ1v) is 9.18. The van der Waals surface area contributed by atoms with E-state index >= 15 is 0 Å². The molecule has 2 N–H and O–H groups in total. The average Bonchev–Trinajstić information content (AvgIpc) is 3.47. The summed E-state index contributed by atoms with van der Waals surface area (Å²) >= 11 is 0. The summed E-state index contributed by atoms with van der Waals surface area (Å²) < 4.78 is 7.16. The van der Waals surface area contributed by atoms with Gasteiger partial charge in [-0.05, 0) is 31.0 Å². The minimum absolute atomic E-state index is 0.167. The Morgan fingerprint density at radius 1 is 1.11 bits per heavy atom. The number of nitrogens with two attached hydrogens (primary N) is 1. The Labute approximate surface area is 161 Å². The summed E-state index contributed by atoms with van der Waals surface area (Å²) in [7, 11) is 1.60. The van der Waals surface area contributed by atoms with Crippen LogP contribution >= 0.6 is 0 Å². The van der Waals surface area contributed by atoms with E-state index in [0.717, 1.165) is 11.1 Å². The van der Waals surface area contributed by atoms with E-state index in [2.05, 4.69) is 32.4 Å². The fourth-order valence-electron chi connectivity index (χ4n) is 3.35. The predicted octanol–water partition coefficient (Wildman–Crippen LogP) is 2.80. The lowest BCUT2D eigenvalue weighted by Gasteiger charge is -2.07. The van der Waals surface area contributed by atoms with Crippen molar-refractivity contribution in [1.29, 1.82) is 0 Å². The third kappa shape index (κ3) is 3.02. The van der Waals surface area contributed by atoms with Gasteiger partial charge in [-0.1, -0.05) is 23.4 Å². The van der Waals surface area contributed by atoms with E-state index in [1.807, 2.05) is 30.5 Å². The number of fused-ring (bicyclic) bond motifs is 1. The third-order valence-electron chi connectivity index (χ3n) is 4.86. The van der Waals surface area contributed by atoms with Crippen molar-refractivity contribution in [2.45, 2.75) is 25.3 Å². The lowest BCUT2D eigenvalue weighted by Crippen LogP contribution is -2.03. The molecule has 28 heavy (non-hydrogen) atoms. The van der Waals surface area contributed by atoms with Crippen LogP contribution in [-0.2, 0) is 6.54 Å². The molecule has 0 aliphatic heterocycles. The topological polar surface area (TPSA) is 105 Å². The van der Waals surface area contributed by atoms with Crippen molar-refractivity contribution in [3.8, 4) is 17.1 Å². The van der Waals surface area contributed by atoms with Gasteiger partial charge in [-0.3, -0.25) is 4.98 Å². The van der Waals surface area contributed by atoms with E-state index in [4.69, 9.17) is 15.5 Å². The van der Waals surface area contributed by atoms with Gasteiger partial charge >= 0.3 is 0 Å². The number of ether oxygens (including phenoxy) is 1. The normalized spacial score (nSPS) is 13.8. The fourth-order valence-corrected chi connectivity index (χ4v) is 3.35. The first-order valence-electron chi connectivity index (χ1n) is 9.18. The molecule has 1 aliphatic carbocycles. The Morgan fingerprint density at radius 2 is 1.96 bits per heavy atom. The highest BCUT2D eigenvalue weighted by atomic mass is 16.5. The summed E-state index contributed by atoms with van der Waals surface area (Å²) in [6.45, 7) is 0.551. The van der Waals surface area contributed by atoms with Crippen LogP contribution in [0.5, 0.6) is 5.75 Å². The third-order valence-corrected chi connectivity index (χ3v) is 4.86. The number of nitrogen functional groups attached to an aromatic ring is 1. The van der Waals surface area contributed by atoms with Crippen molar-refractivity contribution in [2.24, 2.45) is 0 Å². The molecule has 5 rings (SSSR count). The van der Waals surface area contributed by atoms with Gasteiger partial charge in [0, 0.05) is 17.0 Å². The number of hydrogen-bond acceptors (Lipinski definition) is 7. The van der Waals surface area contributed by atoms with Crippen LogP contribution in [0.3, 0.4) is 0 Å². The Bertz CT molecular complexity index is 1170. The van der Waals surface area contributed by atoms with Crippen LogP contribution in [0.4, 0.5) is 5.95 Å². The van der Waals surface area contributed by atoms with Gasteiger partial charge in [-0.2, -0.15) is 0 Å². The van der Waals surface area contributed by atoms with Crippen LogP contribution in [0.25, 0.3) is 22.3 Å². The molecule has 4 aromatic rings. The highest BCUT2D eigenvalue weighted by Gasteiger charge is 2.25. The highest BCUT2D eigenvalue weighted by molar-refractivity contribution is 5.95. The number of pyridine rings is 1. The van der Waals surface area contributed by atoms with Gasteiger partial charge in [0.2, 0.25) is 5.95 Å². The van der Waals surface area contributed by atoms with Crippen molar-refractivity contribution < 1.29 is 4.74 Å². The summed E-state index contributed by atoms with van der Waals surface area (Å²) in [6.07, 6.45) is 4.32. The van der Waals surface area contributed by atoms with E-state index in [-0.39, 0.29) is 5.95 Å². The molecular weight excluding hydrogens is 354 g/mol. The number of aromatic nitrogens is 6. The lowest BCUT2D eigenvalue weighted by molar-refractivity contribution is 0.419. The van der Waals surface area contributed by atoms with Crippen molar-refractivity contribution in [1.82, 2.24) is 29.9 Å². The molecule has 0 spiro atoms. The van der Waals surface area contributed by atoms with Crippen LogP contribution in [0.15, 0.2) is 42.6 Å². The molecule has 1 fully saturated rings. The van der Waals surface area contributed by atoms with Gasteiger partial charge in [0.05, 0.1) is 25.5 Å². The first kappa shape index (κ1) is 16.6. The molecule has 0 radical (unpaired) electrons. The van der Waals surface area contributed by atoms with Gasteiger partial charge in [0.15, 0.2) is 0 Å². The molecule has 8 heteroatoms. The molecule has 0 bridgehead atoms. The maximum atomic E-state index is 5.92. The maximum absolute atomic E-state index is 5.92. The summed E-state index contributed by atoms with van der Waals surface area (Å²) in [5.41, 5.74) is 9.97. The second-order valence-electron chi connectivity index (χ2n) is 6.92. The number of anilines is 1. The molecule has 0 unspecified atom stereocenters. The lowest BCUT2D eigenvalue weighted by atomic mass is 10.1. The molecule has 0 saturated heterocycles. The number of hydrogen-bond donors (Lipinski definition) is 1. The van der Waals surface area contributed by atoms with Crippen LogP contribution in [0.2, 0.25) is 0 Å². The zero-order valence-corrected chi connectivity index (χ0v) is 15.4. The summed E-state index contributed by atoms with van der Waals surface area (Å²) in [4.78, 5) is 13.5. The van der Waals surface area contributed by atoms with Crippen LogP contribution < -0.4 is 10.5 Å². The zero-order valence-electron chi connectivity index (χ0n) is 15.4. The molecule has 0 atom stereocenters. The second-order valence-corrected chi connectivity index (χ2v) is 6.92. The molecule has 1 aromatic carbocycles. The minimum atomic E-state index is 0.167. The molecular formula is C20H19N7O. The molecule has 8 nitrogen and oxygen atoms in total.